The fourth-order valence-corrected chi connectivity index (χ4v) is 1.93. The van der Waals surface area contributed by atoms with E-state index in [-0.39, 0.29) is 24.5 Å². The van der Waals surface area contributed by atoms with Gasteiger partial charge in [0.15, 0.2) is 5.78 Å². The summed E-state index contributed by atoms with van der Waals surface area (Å²) in [6.07, 6.45) is 1.14. The third-order valence-corrected chi connectivity index (χ3v) is 3.01. The van der Waals surface area contributed by atoms with Crippen molar-refractivity contribution < 1.29 is 9.53 Å². The van der Waals surface area contributed by atoms with Crippen LogP contribution in [0.3, 0.4) is 0 Å². The van der Waals surface area contributed by atoms with Gasteiger partial charge in [0.25, 0.3) is 5.56 Å². The number of hydrogen-bond donors (Lipinski definition) is 1. The van der Waals surface area contributed by atoms with Crippen LogP contribution in [0.4, 0.5) is 0 Å². The molecular formula is C15H16N2O4. The summed E-state index contributed by atoms with van der Waals surface area (Å²) in [6, 6.07) is 7.46. The van der Waals surface area contributed by atoms with Crippen LogP contribution in [0.15, 0.2) is 40.1 Å². The van der Waals surface area contributed by atoms with Crippen LogP contribution in [-0.2, 0) is 6.54 Å². The third kappa shape index (κ3) is 3.47. The second kappa shape index (κ2) is 6.21. The van der Waals surface area contributed by atoms with E-state index in [1.807, 2.05) is 25.1 Å². The number of aromatic amines is 1. The highest BCUT2D eigenvalue weighted by atomic mass is 16.5. The summed E-state index contributed by atoms with van der Waals surface area (Å²) in [5.41, 5.74) is -0.136. The van der Waals surface area contributed by atoms with E-state index in [2.05, 4.69) is 4.98 Å². The Balaban J connectivity index is 2.14. The average molecular weight is 288 g/mol. The Hall–Kier alpha value is -2.63. The molecule has 0 amide bonds. The first-order valence-corrected chi connectivity index (χ1v) is 6.52. The Morgan fingerprint density at radius 2 is 2.10 bits per heavy atom. The number of ether oxygens (including phenoxy) is 1. The first kappa shape index (κ1) is 14.8. The SMILES string of the molecule is CC(=O)c1c[nH]c(=O)n(CCOc2cccc(C)c2)c1=O. The smallest absolute Gasteiger partial charge is 0.328 e. The molecule has 6 heteroatoms. The quantitative estimate of drug-likeness (QED) is 0.836. The fourth-order valence-electron chi connectivity index (χ4n) is 1.93. The molecule has 2 rings (SSSR count). The molecule has 0 fully saturated rings. The van der Waals surface area contributed by atoms with E-state index in [1.165, 1.54) is 6.92 Å². The molecule has 2 aromatic rings. The van der Waals surface area contributed by atoms with Crippen LogP contribution in [0.25, 0.3) is 0 Å². The number of carbonyl (C=O) groups is 1. The van der Waals surface area contributed by atoms with Gasteiger partial charge in [-0.2, -0.15) is 0 Å². The van der Waals surface area contributed by atoms with Gasteiger partial charge in [0.1, 0.15) is 12.4 Å². The van der Waals surface area contributed by atoms with Crippen LogP contribution < -0.4 is 16.0 Å². The van der Waals surface area contributed by atoms with Crippen molar-refractivity contribution >= 4 is 5.78 Å². The Labute approximate surface area is 121 Å². The molecule has 1 N–H and O–H groups in total. The molecular weight excluding hydrogens is 272 g/mol. The highest BCUT2D eigenvalue weighted by molar-refractivity contribution is 5.93. The molecule has 0 aliphatic carbocycles. The molecule has 0 saturated heterocycles. The molecule has 1 heterocycles. The number of nitrogens with zero attached hydrogens (tertiary/aromatic N) is 1. The first-order valence-electron chi connectivity index (χ1n) is 6.52. The number of H-pyrrole nitrogens is 1. The van der Waals surface area contributed by atoms with Gasteiger partial charge in [-0.05, 0) is 31.5 Å². The molecule has 0 aliphatic rings. The van der Waals surface area contributed by atoms with E-state index in [0.717, 1.165) is 16.3 Å². The maximum atomic E-state index is 12.0. The van der Waals surface area contributed by atoms with Crippen LogP contribution in [0.2, 0.25) is 0 Å². The van der Waals surface area contributed by atoms with Gasteiger partial charge in [0.2, 0.25) is 0 Å². The largest absolute Gasteiger partial charge is 0.492 e. The van der Waals surface area contributed by atoms with E-state index in [4.69, 9.17) is 4.74 Å². The number of aryl methyl sites for hydroxylation is 1. The topological polar surface area (TPSA) is 81.2 Å². The Bertz CT molecular complexity index is 774. The summed E-state index contributed by atoms with van der Waals surface area (Å²) in [5, 5.41) is 0. The summed E-state index contributed by atoms with van der Waals surface area (Å²) in [7, 11) is 0. The van der Waals surface area contributed by atoms with Gasteiger partial charge in [-0.15, -0.1) is 0 Å². The van der Waals surface area contributed by atoms with Crippen molar-refractivity contribution in [2.75, 3.05) is 6.61 Å². The summed E-state index contributed by atoms with van der Waals surface area (Å²) in [4.78, 5) is 37.3. The lowest BCUT2D eigenvalue weighted by Crippen LogP contribution is -2.39. The van der Waals surface area contributed by atoms with Crippen molar-refractivity contribution in [1.29, 1.82) is 0 Å². The summed E-state index contributed by atoms with van der Waals surface area (Å²) in [6.45, 7) is 3.46. The molecule has 0 saturated carbocycles. The number of hydrogen-bond acceptors (Lipinski definition) is 4. The molecule has 0 spiro atoms. The van der Waals surface area contributed by atoms with Crippen molar-refractivity contribution in [1.82, 2.24) is 9.55 Å². The maximum Gasteiger partial charge on any atom is 0.328 e. The molecule has 0 bridgehead atoms. The minimum Gasteiger partial charge on any atom is -0.492 e. The molecule has 0 atom stereocenters. The number of benzene rings is 1. The lowest BCUT2D eigenvalue weighted by atomic mass is 10.2. The number of nitrogens with one attached hydrogen (secondary N) is 1. The Morgan fingerprint density at radius 1 is 1.33 bits per heavy atom. The molecule has 1 aromatic carbocycles. The fraction of sp³-hybridized carbons (Fsp3) is 0.267. The first-order chi connectivity index (χ1) is 9.99. The van der Waals surface area contributed by atoms with Gasteiger partial charge in [-0.25, -0.2) is 4.79 Å². The third-order valence-electron chi connectivity index (χ3n) is 3.01. The van der Waals surface area contributed by atoms with Crippen LogP contribution in [-0.4, -0.2) is 21.9 Å². The van der Waals surface area contributed by atoms with Crippen LogP contribution >= 0.6 is 0 Å². The average Bonchev–Trinajstić information content (AvgIpc) is 2.42. The van der Waals surface area contributed by atoms with Gasteiger partial charge in [0.05, 0.1) is 12.1 Å². The molecule has 110 valence electrons. The summed E-state index contributed by atoms with van der Waals surface area (Å²) in [5.74, 6) is 0.284. The number of aromatic nitrogens is 2. The predicted octanol–water partition coefficient (Wildman–Crippen LogP) is 1.13. The normalized spacial score (nSPS) is 10.4. The second-order valence-corrected chi connectivity index (χ2v) is 4.69. The van der Waals surface area contributed by atoms with Crippen molar-refractivity contribution in [3.63, 3.8) is 0 Å². The minimum atomic E-state index is -0.598. The number of carbonyl (C=O) groups excluding carboxylic acids is 1. The Kier molecular flexibility index (Phi) is 4.37. The Morgan fingerprint density at radius 3 is 2.76 bits per heavy atom. The van der Waals surface area contributed by atoms with Crippen molar-refractivity contribution in [3.8, 4) is 5.75 Å². The predicted molar refractivity (Wildman–Crippen MR) is 78.0 cm³/mol. The van der Waals surface area contributed by atoms with E-state index in [0.29, 0.717) is 5.75 Å². The maximum absolute atomic E-state index is 12.0. The van der Waals surface area contributed by atoms with Crippen LogP contribution in [0.5, 0.6) is 5.75 Å². The van der Waals surface area contributed by atoms with Gasteiger partial charge in [0, 0.05) is 6.20 Å². The highest BCUT2D eigenvalue weighted by Crippen LogP contribution is 2.11. The van der Waals surface area contributed by atoms with Crippen molar-refractivity contribution in [2.45, 2.75) is 20.4 Å². The van der Waals surface area contributed by atoms with Crippen molar-refractivity contribution in [3.05, 3.63) is 62.4 Å². The molecule has 0 unspecified atom stereocenters. The van der Waals surface area contributed by atoms with E-state index in [1.54, 1.807) is 6.07 Å². The van der Waals surface area contributed by atoms with Crippen LogP contribution in [0.1, 0.15) is 22.8 Å². The minimum absolute atomic E-state index is 0.0369. The van der Waals surface area contributed by atoms with E-state index < -0.39 is 11.2 Å². The van der Waals surface area contributed by atoms with Gasteiger partial charge in [-0.3, -0.25) is 14.2 Å². The molecule has 21 heavy (non-hydrogen) atoms. The number of rotatable bonds is 5. The number of Topliss-reactive ketones (excluding diaryl/α,β-unsaturated/α-hetero) is 1. The molecule has 6 nitrogen and oxygen atoms in total. The number of ketones is 1. The lowest BCUT2D eigenvalue weighted by Gasteiger charge is -2.08. The van der Waals surface area contributed by atoms with E-state index in [9.17, 15) is 14.4 Å². The zero-order valence-electron chi connectivity index (χ0n) is 11.9. The zero-order valence-corrected chi connectivity index (χ0v) is 11.9. The van der Waals surface area contributed by atoms with Crippen LogP contribution in [0, 0.1) is 6.92 Å². The lowest BCUT2D eigenvalue weighted by molar-refractivity contribution is 0.101. The second-order valence-electron chi connectivity index (χ2n) is 4.69. The monoisotopic (exact) mass is 288 g/mol. The highest BCUT2D eigenvalue weighted by Gasteiger charge is 2.10. The van der Waals surface area contributed by atoms with Crippen molar-refractivity contribution in [2.24, 2.45) is 0 Å². The van der Waals surface area contributed by atoms with Gasteiger partial charge in [-0.1, -0.05) is 12.1 Å². The molecule has 0 aliphatic heterocycles. The van der Waals surface area contributed by atoms with Gasteiger partial charge >= 0.3 is 5.69 Å². The summed E-state index contributed by atoms with van der Waals surface area (Å²) < 4.78 is 6.47. The van der Waals surface area contributed by atoms with Gasteiger partial charge < -0.3 is 9.72 Å². The molecule has 0 radical (unpaired) electrons. The zero-order chi connectivity index (χ0) is 15.4. The van der Waals surface area contributed by atoms with E-state index >= 15 is 0 Å². The standard InChI is InChI=1S/C15H16N2O4/c1-10-4-3-5-12(8-10)21-7-6-17-14(19)13(11(2)18)9-16-15(17)20/h3-5,8-9H,6-7H2,1-2H3,(H,16,20). The molecule has 1 aromatic heterocycles. The summed E-state index contributed by atoms with van der Waals surface area (Å²) >= 11 is 0.